The minimum atomic E-state index is -1.23. The fourth-order valence-electron chi connectivity index (χ4n) is 5.65. The summed E-state index contributed by atoms with van der Waals surface area (Å²) in [5, 5.41) is 28.4. The lowest BCUT2D eigenvalue weighted by atomic mass is 10.0. The number of carbonyl (C=O) groups excluding carboxylic acids is 2. The summed E-state index contributed by atoms with van der Waals surface area (Å²) in [6, 6.07) is -2.16. The van der Waals surface area contributed by atoms with Gasteiger partial charge in [-0.05, 0) is 19.3 Å². The maximum Gasteiger partial charge on any atom is 0.326 e. The third-order valence-electron chi connectivity index (χ3n) is 8.67. The van der Waals surface area contributed by atoms with Gasteiger partial charge in [0.05, 0.1) is 6.04 Å². The van der Waals surface area contributed by atoms with Crippen LogP contribution in [0.3, 0.4) is 0 Å². The number of amides is 2. The summed E-state index contributed by atoms with van der Waals surface area (Å²) in [6.45, 7) is 1.74. The van der Waals surface area contributed by atoms with Crippen molar-refractivity contribution in [2.24, 2.45) is 17.2 Å². The van der Waals surface area contributed by atoms with Gasteiger partial charge in [0.1, 0.15) is 12.6 Å². The molecule has 0 heterocycles. The first kappa shape index (κ1) is 48.2. The highest BCUT2D eigenvalue weighted by molar-refractivity contribution is 5.85. The van der Waals surface area contributed by atoms with Crippen LogP contribution in [0.15, 0.2) is 0 Å². The monoisotopic (exact) mass is 699 g/mol. The van der Waals surface area contributed by atoms with Crippen molar-refractivity contribution in [1.29, 1.82) is 5.41 Å². The molecule has 2 amide bonds. The first-order chi connectivity index (χ1) is 23.5. The van der Waals surface area contributed by atoms with Crippen molar-refractivity contribution in [3.05, 3.63) is 0 Å². The van der Waals surface area contributed by atoms with Crippen LogP contribution in [0.25, 0.3) is 0 Å². The van der Waals surface area contributed by atoms with E-state index in [9.17, 15) is 19.2 Å². The number of aliphatic carboxylic acids is 2. The lowest BCUT2D eigenvalue weighted by molar-refractivity contribution is -0.139. The quantitative estimate of drug-likeness (QED) is 0.0199. The Morgan fingerprint density at radius 2 is 0.939 bits per heavy atom. The molecule has 1 unspecified atom stereocenters. The van der Waals surface area contributed by atoms with Crippen LogP contribution >= 0.6 is 0 Å². The molecule has 0 rings (SSSR count). The standard InChI is InChI=1S/C28H57NO.C9H17N5O5/c1-2-3-4-5-6-7-8-9-10-11-12-13-14-15-16-17-18-19-20-21-22-23-24-25-26-27-28(29)30;10-4(7(17)13-3-6(15)16)1-2-5(8(18)19)14-9(11)12/h2-27H2,1H3,(H2,29,30);4-5H,1-3,10H2,(H,13,17)(H,15,16)(H,18,19)(H4,11,12,14)/t;4-,5?/m.0/s1. The second-order valence-electron chi connectivity index (χ2n) is 13.4. The lowest BCUT2D eigenvalue weighted by Crippen LogP contribution is -2.47. The Morgan fingerprint density at radius 3 is 1.22 bits per heavy atom. The average molecular weight is 699 g/mol. The molecule has 0 fully saturated rings. The third kappa shape index (κ3) is 39.4. The summed E-state index contributed by atoms with van der Waals surface area (Å²) in [5.74, 6) is -3.77. The van der Waals surface area contributed by atoms with Gasteiger partial charge in [-0.1, -0.05) is 161 Å². The van der Waals surface area contributed by atoms with E-state index in [0.29, 0.717) is 6.42 Å². The molecule has 0 aliphatic rings. The number of carbonyl (C=O) groups is 4. The van der Waals surface area contributed by atoms with Gasteiger partial charge in [-0.15, -0.1) is 0 Å². The highest BCUT2D eigenvalue weighted by Crippen LogP contribution is 2.16. The predicted octanol–water partition coefficient (Wildman–Crippen LogP) is 6.87. The van der Waals surface area contributed by atoms with Crippen LogP contribution in [-0.2, 0) is 19.2 Å². The number of primary amides is 1. The van der Waals surface area contributed by atoms with Crippen LogP contribution in [0, 0.1) is 5.41 Å². The molecule has 0 aliphatic carbocycles. The summed E-state index contributed by atoms with van der Waals surface area (Å²) < 4.78 is 0. The fourth-order valence-corrected chi connectivity index (χ4v) is 5.65. The Labute approximate surface area is 297 Å². The molecule has 0 aromatic carbocycles. The van der Waals surface area contributed by atoms with Crippen molar-refractivity contribution < 1.29 is 29.4 Å². The van der Waals surface area contributed by atoms with Crippen LogP contribution < -0.4 is 27.8 Å². The molecule has 0 saturated carbocycles. The van der Waals surface area contributed by atoms with Gasteiger partial charge in [0.25, 0.3) is 0 Å². The molecular formula is C37H74N6O6. The summed E-state index contributed by atoms with van der Waals surface area (Å²) >= 11 is 0. The second kappa shape index (κ2) is 36.4. The molecule has 2 atom stereocenters. The number of hydrogen-bond acceptors (Lipinski definition) is 6. The number of nitrogens with one attached hydrogen (secondary N) is 3. The van der Waals surface area contributed by atoms with Gasteiger partial charge in [-0.3, -0.25) is 19.8 Å². The summed E-state index contributed by atoms with van der Waals surface area (Å²) in [7, 11) is 0. The zero-order valence-corrected chi connectivity index (χ0v) is 30.9. The Morgan fingerprint density at radius 1 is 0.592 bits per heavy atom. The molecule has 0 radical (unpaired) electrons. The Hall–Kier alpha value is -2.89. The molecule has 11 N–H and O–H groups in total. The first-order valence-electron chi connectivity index (χ1n) is 19.4. The topological polar surface area (TPSA) is 235 Å². The van der Waals surface area contributed by atoms with Crippen LogP contribution in [0.2, 0.25) is 0 Å². The number of carboxylic acid groups (broad SMARTS) is 2. The molecule has 0 aromatic rings. The molecule has 49 heavy (non-hydrogen) atoms. The summed E-state index contributed by atoms with van der Waals surface area (Å²) in [6.07, 6.45) is 35.7. The van der Waals surface area contributed by atoms with Crippen LogP contribution in [0.1, 0.15) is 187 Å². The van der Waals surface area contributed by atoms with Gasteiger partial charge in [0, 0.05) is 6.42 Å². The zero-order chi connectivity index (χ0) is 37.0. The number of nitrogens with two attached hydrogens (primary N) is 3. The smallest absolute Gasteiger partial charge is 0.326 e. The fraction of sp³-hybridized carbons (Fsp3) is 0.865. The van der Waals surface area contributed by atoms with Gasteiger partial charge in [0.2, 0.25) is 11.8 Å². The zero-order valence-electron chi connectivity index (χ0n) is 30.9. The maximum absolute atomic E-state index is 11.3. The molecule has 12 nitrogen and oxygen atoms in total. The molecular weight excluding hydrogens is 624 g/mol. The largest absolute Gasteiger partial charge is 0.480 e. The van der Waals surface area contributed by atoms with E-state index in [2.05, 4.69) is 17.6 Å². The first-order valence-corrected chi connectivity index (χ1v) is 19.4. The van der Waals surface area contributed by atoms with Crippen LogP contribution in [0.4, 0.5) is 0 Å². The van der Waals surface area contributed by atoms with E-state index in [1.54, 1.807) is 0 Å². The minimum Gasteiger partial charge on any atom is -0.480 e. The predicted molar refractivity (Wildman–Crippen MR) is 199 cm³/mol. The van der Waals surface area contributed by atoms with Crippen molar-refractivity contribution in [2.75, 3.05) is 6.54 Å². The summed E-state index contributed by atoms with van der Waals surface area (Å²) in [5.41, 5.74) is 15.6. The Bertz CT molecular complexity index is 844. The molecule has 0 aromatic heterocycles. The SMILES string of the molecule is CCCCCCCCCCCCCCCCCCCCCCCCCCCC(N)=O.N=C(N)NC(CC[C@H](N)C(=O)NCC(=O)O)C(=O)O. The van der Waals surface area contributed by atoms with E-state index < -0.39 is 42.4 Å². The normalized spacial score (nSPS) is 12.0. The number of rotatable bonds is 34. The van der Waals surface area contributed by atoms with Gasteiger partial charge in [-0.2, -0.15) is 0 Å². The van der Waals surface area contributed by atoms with E-state index in [1.807, 2.05) is 0 Å². The van der Waals surface area contributed by atoms with E-state index in [-0.39, 0.29) is 18.7 Å². The molecule has 288 valence electrons. The summed E-state index contributed by atoms with van der Waals surface area (Å²) in [4.78, 5) is 43.0. The van der Waals surface area contributed by atoms with Crippen LogP contribution in [-0.4, -0.2) is 58.6 Å². The molecule has 0 spiro atoms. The number of guanidine groups is 1. The number of carboxylic acids is 2. The van der Waals surface area contributed by atoms with E-state index >= 15 is 0 Å². The molecule has 0 saturated heterocycles. The maximum atomic E-state index is 11.3. The van der Waals surface area contributed by atoms with Crippen molar-refractivity contribution >= 4 is 29.7 Å². The molecule has 0 aliphatic heterocycles. The van der Waals surface area contributed by atoms with Crippen LogP contribution in [0.5, 0.6) is 0 Å². The highest BCUT2D eigenvalue weighted by Gasteiger charge is 2.21. The van der Waals surface area contributed by atoms with Gasteiger partial charge < -0.3 is 38.0 Å². The highest BCUT2D eigenvalue weighted by atomic mass is 16.4. The third-order valence-corrected chi connectivity index (χ3v) is 8.67. The Balaban J connectivity index is 0. The molecule has 12 heteroatoms. The van der Waals surface area contributed by atoms with Gasteiger partial charge in [0.15, 0.2) is 5.96 Å². The number of unbranched alkanes of at least 4 members (excludes halogenated alkanes) is 24. The molecule has 0 bridgehead atoms. The van der Waals surface area contributed by atoms with Gasteiger partial charge in [-0.25, -0.2) is 4.79 Å². The van der Waals surface area contributed by atoms with E-state index in [1.165, 1.54) is 154 Å². The second-order valence-corrected chi connectivity index (χ2v) is 13.4. The van der Waals surface area contributed by atoms with E-state index in [0.717, 1.165) is 6.42 Å². The van der Waals surface area contributed by atoms with E-state index in [4.69, 9.17) is 32.8 Å². The van der Waals surface area contributed by atoms with Crippen molar-refractivity contribution in [2.45, 2.75) is 199 Å². The van der Waals surface area contributed by atoms with Gasteiger partial charge >= 0.3 is 11.9 Å². The number of hydrogen-bond donors (Lipinski definition) is 8. The lowest BCUT2D eigenvalue weighted by Gasteiger charge is -2.16. The minimum absolute atomic E-state index is 0.00268. The van der Waals surface area contributed by atoms with Crippen molar-refractivity contribution in [1.82, 2.24) is 10.6 Å². The average Bonchev–Trinajstić information content (AvgIpc) is 3.05. The van der Waals surface area contributed by atoms with Crippen molar-refractivity contribution in [3.63, 3.8) is 0 Å². The van der Waals surface area contributed by atoms with Crippen molar-refractivity contribution in [3.8, 4) is 0 Å². The Kier molecular flexibility index (Phi) is 35.8.